The van der Waals surface area contributed by atoms with Crippen molar-refractivity contribution in [2.24, 2.45) is 0 Å². The minimum absolute atomic E-state index is 0.0441. The number of benzene rings is 2. The molecule has 88 valence electrons. The standard InChI is InChI=1S/C14H14ClNO/c1-10(11-5-3-2-4-6-11)17-14-8-7-12(16)9-13(14)15/h2-10H,16H2,1H3. The molecule has 1 unspecified atom stereocenters. The maximum absolute atomic E-state index is 6.06. The number of ether oxygens (including phenoxy) is 1. The molecule has 2 rings (SSSR count). The molecule has 0 aliphatic rings. The number of anilines is 1. The number of rotatable bonds is 3. The second-order valence-electron chi connectivity index (χ2n) is 3.86. The molecule has 2 aromatic rings. The van der Waals surface area contributed by atoms with Gasteiger partial charge < -0.3 is 10.5 Å². The molecule has 1 atom stereocenters. The van der Waals surface area contributed by atoms with E-state index in [-0.39, 0.29) is 6.10 Å². The van der Waals surface area contributed by atoms with Gasteiger partial charge in [-0.1, -0.05) is 41.9 Å². The summed E-state index contributed by atoms with van der Waals surface area (Å²) in [7, 11) is 0. The molecule has 0 amide bonds. The smallest absolute Gasteiger partial charge is 0.138 e. The molecular weight excluding hydrogens is 234 g/mol. The van der Waals surface area contributed by atoms with Crippen LogP contribution >= 0.6 is 11.6 Å². The first-order valence-corrected chi connectivity index (χ1v) is 5.81. The first-order chi connectivity index (χ1) is 8.16. The first kappa shape index (κ1) is 11.8. The molecule has 0 aliphatic carbocycles. The largest absolute Gasteiger partial charge is 0.484 e. The van der Waals surface area contributed by atoms with Crippen LogP contribution in [0.4, 0.5) is 5.69 Å². The van der Waals surface area contributed by atoms with Crippen molar-refractivity contribution in [3.63, 3.8) is 0 Å². The fourth-order valence-electron chi connectivity index (χ4n) is 1.60. The summed E-state index contributed by atoms with van der Waals surface area (Å²) < 4.78 is 5.80. The second kappa shape index (κ2) is 5.11. The van der Waals surface area contributed by atoms with E-state index < -0.39 is 0 Å². The fraction of sp³-hybridized carbons (Fsp3) is 0.143. The van der Waals surface area contributed by atoms with E-state index in [2.05, 4.69) is 0 Å². The summed E-state index contributed by atoms with van der Waals surface area (Å²) in [5.74, 6) is 0.650. The third-order valence-corrected chi connectivity index (χ3v) is 2.82. The predicted molar refractivity (Wildman–Crippen MR) is 71.3 cm³/mol. The lowest BCUT2D eigenvalue weighted by Gasteiger charge is -2.16. The van der Waals surface area contributed by atoms with Crippen molar-refractivity contribution in [3.05, 3.63) is 59.1 Å². The molecule has 0 saturated heterocycles. The van der Waals surface area contributed by atoms with E-state index >= 15 is 0 Å². The van der Waals surface area contributed by atoms with Gasteiger partial charge in [-0.25, -0.2) is 0 Å². The Bertz CT molecular complexity index is 499. The molecule has 0 radical (unpaired) electrons. The Morgan fingerprint density at radius 2 is 1.82 bits per heavy atom. The highest BCUT2D eigenvalue weighted by molar-refractivity contribution is 6.32. The molecule has 0 heterocycles. The summed E-state index contributed by atoms with van der Waals surface area (Å²) in [5, 5.41) is 0.535. The third-order valence-electron chi connectivity index (χ3n) is 2.53. The average Bonchev–Trinajstić information content (AvgIpc) is 2.34. The van der Waals surface area contributed by atoms with Crippen LogP contribution in [-0.4, -0.2) is 0 Å². The van der Waals surface area contributed by atoms with E-state index in [1.807, 2.05) is 37.3 Å². The van der Waals surface area contributed by atoms with E-state index in [1.165, 1.54) is 0 Å². The number of hydrogen-bond donors (Lipinski definition) is 1. The molecule has 0 bridgehead atoms. The van der Waals surface area contributed by atoms with Gasteiger partial charge in [0.05, 0.1) is 5.02 Å². The molecular formula is C14H14ClNO. The number of nitrogens with two attached hydrogens (primary N) is 1. The Balaban J connectivity index is 2.16. The van der Waals surface area contributed by atoms with Crippen molar-refractivity contribution in [1.82, 2.24) is 0 Å². The van der Waals surface area contributed by atoms with Gasteiger partial charge in [0.15, 0.2) is 0 Å². The lowest BCUT2D eigenvalue weighted by molar-refractivity contribution is 0.227. The lowest BCUT2D eigenvalue weighted by Crippen LogP contribution is -2.03. The molecule has 2 aromatic carbocycles. The number of halogens is 1. The molecule has 2 nitrogen and oxygen atoms in total. The summed E-state index contributed by atoms with van der Waals surface area (Å²) in [6, 6.07) is 15.3. The maximum atomic E-state index is 6.06. The zero-order chi connectivity index (χ0) is 12.3. The van der Waals surface area contributed by atoms with E-state index in [0.29, 0.717) is 16.5 Å². The van der Waals surface area contributed by atoms with Crippen molar-refractivity contribution in [2.75, 3.05) is 5.73 Å². The Labute approximate surface area is 106 Å². The molecule has 0 fully saturated rings. The highest BCUT2D eigenvalue weighted by Gasteiger charge is 2.09. The van der Waals surface area contributed by atoms with Gasteiger partial charge in [0.2, 0.25) is 0 Å². The summed E-state index contributed by atoms with van der Waals surface area (Å²) in [5.41, 5.74) is 7.37. The van der Waals surface area contributed by atoms with Crippen LogP contribution in [0, 0.1) is 0 Å². The zero-order valence-electron chi connectivity index (χ0n) is 9.56. The van der Waals surface area contributed by atoms with Crippen LogP contribution in [0.1, 0.15) is 18.6 Å². The van der Waals surface area contributed by atoms with Crippen LogP contribution < -0.4 is 10.5 Å². The van der Waals surface area contributed by atoms with Gasteiger partial charge in [-0.3, -0.25) is 0 Å². The monoisotopic (exact) mass is 247 g/mol. The molecule has 2 N–H and O–H groups in total. The summed E-state index contributed by atoms with van der Waals surface area (Å²) >= 11 is 6.06. The van der Waals surface area contributed by atoms with Crippen molar-refractivity contribution in [2.45, 2.75) is 13.0 Å². The Morgan fingerprint density at radius 1 is 1.12 bits per heavy atom. The van der Waals surface area contributed by atoms with Crippen LogP contribution in [0.15, 0.2) is 48.5 Å². The van der Waals surface area contributed by atoms with Gasteiger partial charge in [-0.2, -0.15) is 0 Å². The minimum atomic E-state index is -0.0441. The van der Waals surface area contributed by atoms with Gasteiger partial charge in [-0.05, 0) is 30.7 Å². The quantitative estimate of drug-likeness (QED) is 0.830. The van der Waals surface area contributed by atoms with E-state index in [1.54, 1.807) is 18.2 Å². The van der Waals surface area contributed by atoms with Crippen LogP contribution in [-0.2, 0) is 0 Å². The van der Waals surface area contributed by atoms with Crippen molar-refractivity contribution >= 4 is 17.3 Å². The third kappa shape index (κ3) is 2.92. The van der Waals surface area contributed by atoms with Gasteiger partial charge in [0, 0.05) is 5.69 Å². The van der Waals surface area contributed by atoms with Crippen molar-refractivity contribution < 1.29 is 4.74 Å². The van der Waals surface area contributed by atoms with Crippen LogP contribution in [0.5, 0.6) is 5.75 Å². The summed E-state index contributed by atoms with van der Waals surface area (Å²) in [6.07, 6.45) is -0.0441. The van der Waals surface area contributed by atoms with Gasteiger partial charge in [0.1, 0.15) is 11.9 Å². The summed E-state index contributed by atoms with van der Waals surface area (Å²) in [6.45, 7) is 1.99. The van der Waals surface area contributed by atoms with E-state index in [9.17, 15) is 0 Å². The van der Waals surface area contributed by atoms with Crippen LogP contribution in [0.3, 0.4) is 0 Å². The fourth-order valence-corrected chi connectivity index (χ4v) is 1.83. The normalized spacial score (nSPS) is 12.1. The predicted octanol–water partition coefficient (Wildman–Crippen LogP) is 4.06. The maximum Gasteiger partial charge on any atom is 0.138 e. The average molecular weight is 248 g/mol. The minimum Gasteiger partial charge on any atom is -0.484 e. The van der Waals surface area contributed by atoms with Crippen molar-refractivity contribution in [3.8, 4) is 5.75 Å². The lowest BCUT2D eigenvalue weighted by atomic mass is 10.1. The van der Waals surface area contributed by atoms with Gasteiger partial charge in [0.25, 0.3) is 0 Å². The Morgan fingerprint density at radius 3 is 2.47 bits per heavy atom. The highest BCUT2D eigenvalue weighted by Crippen LogP contribution is 2.30. The molecule has 17 heavy (non-hydrogen) atoms. The summed E-state index contributed by atoms with van der Waals surface area (Å²) in [4.78, 5) is 0. The van der Waals surface area contributed by atoms with Crippen LogP contribution in [0.25, 0.3) is 0 Å². The second-order valence-corrected chi connectivity index (χ2v) is 4.27. The molecule has 3 heteroatoms. The van der Waals surface area contributed by atoms with Crippen molar-refractivity contribution in [1.29, 1.82) is 0 Å². The van der Waals surface area contributed by atoms with E-state index in [0.717, 1.165) is 5.56 Å². The Kier molecular flexibility index (Phi) is 3.55. The molecule has 0 saturated carbocycles. The SMILES string of the molecule is CC(Oc1ccc(N)cc1Cl)c1ccccc1. The van der Waals surface area contributed by atoms with E-state index in [4.69, 9.17) is 22.1 Å². The van der Waals surface area contributed by atoms with Gasteiger partial charge in [-0.15, -0.1) is 0 Å². The Hall–Kier alpha value is -1.67. The first-order valence-electron chi connectivity index (χ1n) is 5.43. The highest BCUT2D eigenvalue weighted by atomic mass is 35.5. The van der Waals surface area contributed by atoms with Gasteiger partial charge >= 0.3 is 0 Å². The number of nitrogen functional groups attached to an aromatic ring is 1. The topological polar surface area (TPSA) is 35.2 Å². The number of hydrogen-bond acceptors (Lipinski definition) is 2. The zero-order valence-corrected chi connectivity index (χ0v) is 10.3. The molecule has 0 aromatic heterocycles. The van der Waals surface area contributed by atoms with Crippen LogP contribution in [0.2, 0.25) is 5.02 Å². The molecule has 0 aliphatic heterocycles. The molecule has 0 spiro atoms.